The zero-order valence-electron chi connectivity index (χ0n) is 7.09. The quantitative estimate of drug-likeness (QED) is 0.752. The van der Waals surface area contributed by atoms with E-state index in [0.29, 0.717) is 5.65 Å². The van der Waals surface area contributed by atoms with E-state index in [2.05, 4.69) is 20.9 Å². The van der Waals surface area contributed by atoms with E-state index in [-0.39, 0.29) is 5.82 Å². The average Bonchev–Trinajstić information content (AvgIpc) is 2.47. The predicted octanol–water partition coefficient (Wildman–Crippen LogP) is 2.80. The van der Waals surface area contributed by atoms with E-state index < -0.39 is 0 Å². The van der Waals surface area contributed by atoms with Gasteiger partial charge in [0.2, 0.25) is 0 Å². The van der Waals surface area contributed by atoms with Gasteiger partial charge in [0.25, 0.3) is 0 Å². The van der Waals surface area contributed by atoms with Crippen LogP contribution in [0.2, 0.25) is 0 Å². The summed E-state index contributed by atoms with van der Waals surface area (Å²) in [4.78, 5) is 4.14. The van der Waals surface area contributed by atoms with E-state index >= 15 is 0 Å². The molecular weight excluding hydrogens is 235 g/mol. The molecule has 0 bridgehead atoms. The summed E-state index contributed by atoms with van der Waals surface area (Å²) in [7, 11) is 0. The van der Waals surface area contributed by atoms with Crippen LogP contribution < -0.4 is 0 Å². The Kier molecular flexibility index (Phi) is 2.07. The highest BCUT2D eigenvalue weighted by atomic mass is 79.9. The number of aryl methyl sites for hydroxylation is 1. The van der Waals surface area contributed by atoms with Gasteiger partial charge in [-0.25, -0.2) is 9.37 Å². The lowest BCUT2D eigenvalue weighted by atomic mass is 10.4. The molecule has 0 saturated carbocycles. The Bertz CT molecular complexity index is 450. The van der Waals surface area contributed by atoms with Crippen molar-refractivity contribution in [2.75, 3.05) is 0 Å². The van der Waals surface area contributed by atoms with E-state index in [0.717, 1.165) is 16.6 Å². The molecule has 0 atom stereocenters. The second-order valence-electron chi connectivity index (χ2n) is 2.82. The Morgan fingerprint density at radius 1 is 1.54 bits per heavy atom. The second-order valence-corrected chi connectivity index (χ2v) is 3.74. The first-order valence-electron chi connectivity index (χ1n) is 4.03. The first-order chi connectivity index (χ1) is 6.20. The Hall–Kier alpha value is -0.900. The zero-order chi connectivity index (χ0) is 9.42. The maximum absolute atomic E-state index is 13.3. The summed E-state index contributed by atoms with van der Waals surface area (Å²) >= 11 is 3.23. The lowest BCUT2D eigenvalue weighted by molar-refractivity contribution is 0.628. The molecule has 2 aromatic rings. The molecule has 0 radical (unpaired) electrons. The minimum absolute atomic E-state index is 0.297. The number of fused-ring (bicyclic) bond motifs is 1. The first-order valence-corrected chi connectivity index (χ1v) is 4.82. The highest BCUT2D eigenvalue weighted by molar-refractivity contribution is 9.10. The van der Waals surface area contributed by atoms with Gasteiger partial charge in [-0.3, -0.25) is 0 Å². The number of pyridine rings is 1. The van der Waals surface area contributed by atoms with Crippen LogP contribution in [0.15, 0.2) is 22.9 Å². The summed E-state index contributed by atoms with van der Waals surface area (Å²) in [6.07, 6.45) is 4.45. The predicted molar refractivity (Wildman–Crippen MR) is 52.2 cm³/mol. The number of imidazole rings is 1. The molecule has 0 unspecified atom stereocenters. The van der Waals surface area contributed by atoms with Crippen LogP contribution in [0, 0.1) is 5.82 Å². The molecule has 2 aromatic heterocycles. The number of nitrogens with zero attached hydrogens (tertiary/aromatic N) is 2. The van der Waals surface area contributed by atoms with Crippen molar-refractivity contribution < 1.29 is 4.39 Å². The molecule has 13 heavy (non-hydrogen) atoms. The molecule has 0 spiro atoms. The molecule has 68 valence electrons. The van der Waals surface area contributed by atoms with Gasteiger partial charge in [0.05, 0.1) is 5.69 Å². The molecule has 0 aromatic carbocycles. The van der Waals surface area contributed by atoms with E-state index in [1.807, 2.05) is 13.1 Å². The summed E-state index contributed by atoms with van der Waals surface area (Å²) in [6, 6.07) is 1.42. The maximum atomic E-state index is 13.3. The summed E-state index contributed by atoms with van der Waals surface area (Å²) in [5.41, 5.74) is 1.29. The third kappa shape index (κ3) is 1.46. The van der Waals surface area contributed by atoms with Crippen LogP contribution in [-0.4, -0.2) is 9.38 Å². The van der Waals surface area contributed by atoms with Crippen LogP contribution in [-0.2, 0) is 6.42 Å². The molecule has 0 saturated heterocycles. The summed E-state index contributed by atoms with van der Waals surface area (Å²) in [5.74, 6) is -0.297. The Balaban J connectivity index is 2.75. The van der Waals surface area contributed by atoms with Gasteiger partial charge in [-0.15, -0.1) is 0 Å². The third-order valence-corrected chi connectivity index (χ3v) is 2.32. The third-order valence-electron chi connectivity index (χ3n) is 1.89. The van der Waals surface area contributed by atoms with E-state index in [4.69, 9.17) is 0 Å². The van der Waals surface area contributed by atoms with Gasteiger partial charge in [0.1, 0.15) is 0 Å². The lowest BCUT2D eigenvalue weighted by Crippen LogP contribution is -1.87. The number of hydrogen-bond acceptors (Lipinski definition) is 1. The minimum atomic E-state index is -0.297. The van der Waals surface area contributed by atoms with E-state index in [1.54, 1.807) is 10.6 Å². The fourth-order valence-corrected chi connectivity index (χ4v) is 1.67. The molecule has 0 fully saturated rings. The van der Waals surface area contributed by atoms with E-state index in [9.17, 15) is 4.39 Å². The van der Waals surface area contributed by atoms with Crippen molar-refractivity contribution in [2.45, 2.75) is 13.3 Å². The average molecular weight is 243 g/mol. The molecule has 0 amide bonds. The Morgan fingerprint density at radius 2 is 2.31 bits per heavy atom. The zero-order valence-corrected chi connectivity index (χ0v) is 8.68. The fraction of sp³-hybridized carbons (Fsp3) is 0.222. The normalized spacial score (nSPS) is 11.0. The highest BCUT2D eigenvalue weighted by Crippen LogP contribution is 2.16. The van der Waals surface area contributed by atoms with Crippen LogP contribution in [0.3, 0.4) is 0 Å². The minimum Gasteiger partial charge on any atom is -0.303 e. The molecule has 0 N–H and O–H groups in total. The van der Waals surface area contributed by atoms with Crippen LogP contribution in [0.1, 0.15) is 12.6 Å². The first kappa shape index (κ1) is 8.69. The molecule has 2 heterocycles. The molecule has 0 aliphatic rings. The van der Waals surface area contributed by atoms with Crippen molar-refractivity contribution in [1.82, 2.24) is 9.38 Å². The standard InChI is InChI=1S/C9H8BrFN2/c1-2-7-5-13-4-6(10)3-8(11)9(13)12-7/h3-5H,2H2,1H3. The SMILES string of the molecule is CCc1cn2cc(Br)cc(F)c2n1. The van der Waals surface area contributed by atoms with Crippen LogP contribution in [0.25, 0.3) is 5.65 Å². The van der Waals surface area contributed by atoms with Crippen molar-refractivity contribution in [3.05, 3.63) is 34.4 Å². The molecule has 2 rings (SSSR count). The van der Waals surface area contributed by atoms with Gasteiger partial charge < -0.3 is 4.40 Å². The monoisotopic (exact) mass is 242 g/mol. The second kappa shape index (κ2) is 3.10. The van der Waals surface area contributed by atoms with Crippen LogP contribution >= 0.6 is 15.9 Å². The highest BCUT2D eigenvalue weighted by Gasteiger charge is 2.05. The van der Waals surface area contributed by atoms with Gasteiger partial charge >= 0.3 is 0 Å². The molecule has 0 aliphatic heterocycles. The maximum Gasteiger partial charge on any atom is 0.173 e. The van der Waals surface area contributed by atoms with Crippen LogP contribution in [0.5, 0.6) is 0 Å². The number of hydrogen-bond donors (Lipinski definition) is 0. The summed E-state index contributed by atoms with van der Waals surface area (Å²) in [5, 5.41) is 0. The van der Waals surface area contributed by atoms with Gasteiger partial charge in [0.15, 0.2) is 11.5 Å². The topological polar surface area (TPSA) is 17.3 Å². The van der Waals surface area contributed by atoms with Crippen molar-refractivity contribution in [2.24, 2.45) is 0 Å². The van der Waals surface area contributed by atoms with Crippen molar-refractivity contribution in [3.63, 3.8) is 0 Å². The van der Waals surface area contributed by atoms with Crippen molar-refractivity contribution in [3.8, 4) is 0 Å². The fourth-order valence-electron chi connectivity index (χ4n) is 1.25. The largest absolute Gasteiger partial charge is 0.303 e. The Labute approximate surface area is 83.5 Å². The van der Waals surface area contributed by atoms with Gasteiger partial charge in [0, 0.05) is 16.9 Å². The van der Waals surface area contributed by atoms with Crippen molar-refractivity contribution in [1.29, 1.82) is 0 Å². The molecule has 2 nitrogen and oxygen atoms in total. The molecular formula is C9H8BrFN2. The lowest BCUT2D eigenvalue weighted by Gasteiger charge is -1.95. The van der Waals surface area contributed by atoms with Crippen LogP contribution in [0.4, 0.5) is 4.39 Å². The number of aromatic nitrogens is 2. The van der Waals surface area contributed by atoms with E-state index in [1.165, 1.54) is 6.07 Å². The van der Waals surface area contributed by atoms with Crippen molar-refractivity contribution >= 4 is 21.6 Å². The summed E-state index contributed by atoms with van der Waals surface area (Å²) < 4.78 is 15.7. The molecule has 4 heteroatoms. The smallest absolute Gasteiger partial charge is 0.173 e. The van der Waals surface area contributed by atoms with Gasteiger partial charge in [-0.1, -0.05) is 6.92 Å². The van der Waals surface area contributed by atoms with Gasteiger partial charge in [-0.2, -0.15) is 0 Å². The molecule has 0 aliphatic carbocycles. The van der Waals surface area contributed by atoms with Gasteiger partial charge in [-0.05, 0) is 28.4 Å². The summed E-state index contributed by atoms with van der Waals surface area (Å²) in [6.45, 7) is 1.99. The Morgan fingerprint density at radius 3 is 3.00 bits per heavy atom. The number of rotatable bonds is 1. The number of halogens is 2.